The topological polar surface area (TPSA) is 20.2 Å². The Morgan fingerprint density at radius 2 is 1.43 bits per heavy atom. The van der Waals surface area contributed by atoms with Crippen LogP contribution in [0.2, 0.25) is 0 Å². The monoisotopic (exact) mass is 255 g/mol. The summed E-state index contributed by atoms with van der Waals surface area (Å²) in [5.41, 5.74) is -0.754. The van der Waals surface area contributed by atoms with Crippen LogP contribution < -0.4 is 0 Å². The molecular weight excluding hydrogens is 246 g/mol. The van der Waals surface area contributed by atoms with Crippen LogP contribution >= 0.6 is 0 Å². The van der Waals surface area contributed by atoms with E-state index in [0.29, 0.717) is 0 Å². The molecule has 0 unspecified atom stereocenters. The predicted octanol–water partition coefficient (Wildman–Crippen LogP) is 3.25. The number of phenolic OH excluding ortho intramolecular Hbond substituents is 1. The van der Waals surface area contributed by atoms with Crippen LogP contribution in [-0.4, -0.2) is 5.11 Å². The third kappa shape index (κ3) is 5.23. The number of aromatic hydroxyl groups is 1. The van der Waals surface area contributed by atoms with Crippen molar-refractivity contribution >= 4 is 0 Å². The van der Waals surface area contributed by atoms with E-state index in [2.05, 4.69) is 6.92 Å². The van der Waals surface area contributed by atoms with E-state index in [1.54, 1.807) is 6.92 Å². The molecule has 0 aliphatic carbocycles. The zero-order valence-electron chi connectivity index (χ0n) is 7.80. The largest absolute Gasteiger partial charge is 0.508 e. The third-order valence-corrected chi connectivity index (χ3v) is 1.19. The molecule has 76 valence electrons. The fourth-order valence-electron chi connectivity index (χ4n) is 0.650. The van der Waals surface area contributed by atoms with Gasteiger partial charge in [-0.2, -0.15) is 20.1 Å². The molecule has 0 fully saturated rings. The summed E-state index contributed by atoms with van der Waals surface area (Å²) in [5.74, 6) is -0.169. The molecule has 0 saturated heterocycles. The predicted molar refractivity (Wildman–Crippen MR) is 44.1 cm³/mol. The van der Waals surface area contributed by atoms with Gasteiger partial charge in [0.05, 0.1) is 5.56 Å². The number of benzene rings is 1. The van der Waals surface area contributed by atoms with Crippen molar-refractivity contribution in [3.8, 4) is 5.75 Å². The van der Waals surface area contributed by atoms with Crippen molar-refractivity contribution < 1.29 is 37.8 Å². The van der Waals surface area contributed by atoms with E-state index in [-0.39, 0.29) is 25.2 Å². The molecule has 5 heteroatoms. The number of hydrogen-bond acceptors (Lipinski definition) is 1. The van der Waals surface area contributed by atoms with E-state index in [4.69, 9.17) is 5.11 Å². The fourth-order valence-corrected chi connectivity index (χ4v) is 0.650. The maximum Gasteiger partial charge on any atom is 0.416 e. The number of hydrogen-bond donors (Lipinski definition) is 1. The van der Waals surface area contributed by atoms with E-state index in [9.17, 15) is 13.2 Å². The maximum atomic E-state index is 11.8. The Kier molecular flexibility index (Phi) is 7.74. The van der Waals surface area contributed by atoms with Crippen molar-refractivity contribution in [3.63, 3.8) is 0 Å². The van der Waals surface area contributed by atoms with E-state index in [0.717, 1.165) is 24.3 Å². The van der Waals surface area contributed by atoms with Crippen LogP contribution in [0.5, 0.6) is 5.75 Å². The molecule has 0 aliphatic heterocycles. The van der Waals surface area contributed by atoms with Crippen molar-refractivity contribution in [2.24, 2.45) is 0 Å². The standard InChI is InChI=1S/C7H5F3O.C2H5.Zn/c8-7(9,10)5-1-3-6(11)4-2-5;1-2;/h1-4,11H;1H2,2H3;/q;-1;. The Morgan fingerprint density at radius 1 is 1.07 bits per heavy atom. The van der Waals surface area contributed by atoms with Gasteiger partial charge in [0.15, 0.2) is 0 Å². The second kappa shape index (κ2) is 6.82. The Morgan fingerprint density at radius 3 is 1.71 bits per heavy atom. The minimum Gasteiger partial charge on any atom is -0.508 e. The minimum atomic E-state index is -4.33. The second-order valence-corrected chi connectivity index (χ2v) is 2.04. The molecule has 0 aromatic heterocycles. The van der Waals surface area contributed by atoms with E-state index in [1.165, 1.54) is 0 Å². The number of alkyl halides is 3. The van der Waals surface area contributed by atoms with Crippen LogP contribution in [0.15, 0.2) is 24.3 Å². The molecule has 0 bridgehead atoms. The molecule has 14 heavy (non-hydrogen) atoms. The van der Waals surface area contributed by atoms with Crippen molar-refractivity contribution in [1.82, 2.24) is 0 Å². The molecule has 0 saturated carbocycles. The summed E-state index contributed by atoms with van der Waals surface area (Å²) >= 11 is 0. The van der Waals surface area contributed by atoms with Crippen LogP contribution in [0.1, 0.15) is 12.5 Å². The summed E-state index contributed by atoms with van der Waals surface area (Å²) in [6, 6.07) is 3.66. The Balaban J connectivity index is 0. The first-order valence-corrected chi connectivity index (χ1v) is 3.57. The van der Waals surface area contributed by atoms with E-state index in [1.807, 2.05) is 0 Å². The van der Waals surface area contributed by atoms with Gasteiger partial charge in [0.2, 0.25) is 0 Å². The summed E-state index contributed by atoms with van der Waals surface area (Å²) in [7, 11) is 0. The van der Waals surface area contributed by atoms with Gasteiger partial charge in [-0.1, -0.05) is 0 Å². The van der Waals surface area contributed by atoms with Gasteiger partial charge in [-0.3, -0.25) is 0 Å². The molecule has 0 spiro atoms. The average molecular weight is 257 g/mol. The average Bonchev–Trinajstić information content (AvgIpc) is 2.07. The fraction of sp³-hybridized carbons (Fsp3) is 0.222. The van der Waals surface area contributed by atoms with Gasteiger partial charge in [0, 0.05) is 19.5 Å². The first kappa shape index (κ1) is 15.9. The molecular formula is C9H10F3OZn-. The van der Waals surface area contributed by atoms with Crippen molar-refractivity contribution in [2.75, 3.05) is 0 Å². The van der Waals surface area contributed by atoms with Crippen LogP contribution in [-0.2, 0) is 25.7 Å². The van der Waals surface area contributed by atoms with E-state index >= 15 is 0 Å². The Labute approximate surface area is 93.7 Å². The summed E-state index contributed by atoms with van der Waals surface area (Å²) in [5, 5.41) is 8.66. The molecule has 0 amide bonds. The molecule has 0 aliphatic rings. The smallest absolute Gasteiger partial charge is 0.416 e. The molecule has 0 atom stereocenters. The number of halogens is 3. The normalized spacial score (nSPS) is 9.50. The van der Waals surface area contributed by atoms with Gasteiger partial charge in [-0.25, -0.2) is 0 Å². The van der Waals surface area contributed by atoms with Crippen molar-refractivity contribution in [3.05, 3.63) is 36.8 Å². The minimum absolute atomic E-state index is 0. The van der Waals surface area contributed by atoms with Gasteiger partial charge in [0.1, 0.15) is 5.75 Å². The Hall–Kier alpha value is -0.567. The summed E-state index contributed by atoms with van der Waals surface area (Å²) in [6.45, 7) is 5.00. The van der Waals surface area contributed by atoms with Gasteiger partial charge < -0.3 is 12.0 Å². The van der Waals surface area contributed by atoms with Crippen LogP contribution in [0, 0.1) is 6.92 Å². The number of phenols is 1. The first-order valence-electron chi connectivity index (χ1n) is 3.57. The second-order valence-electron chi connectivity index (χ2n) is 2.04. The molecule has 1 aromatic carbocycles. The molecule has 0 heterocycles. The van der Waals surface area contributed by atoms with Gasteiger partial charge >= 0.3 is 6.18 Å². The quantitative estimate of drug-likeness (QED) is 0.558. The van der Waals surface area contributed by atoms with Crippen LogP contribution in [0.25, 0.3) is 0 Å². The molecule has 1 N–H and O–H groups in total. The summed E-state index contributed by atoms with van der Waals surface area (Å²) in [4.78, 5) is 0. The van der Waals surface area contributed by atoms with Gasteiger partial charge in [-0.05, 0) is 24.3 Å². The van der Waals surface area contributed by atoms with Gasteiger partial charge in [-0.15, -0.1) is 0 Å². The van der Waals surface area contributed by atoms with Crippen molar-refractivity contribution in [1.29, 1.82) is 0 Å². The first-order chi connectivity index (χ1) is 6.00. The molecule has 1 nitrogen and oxygen atoms in total. The summed E-state index contributed by atoms with van der Waals surface area (Å²) < 4.78 is 35.5. The van der Waals surface area contributed by atoms with Gasteiger partial charge in [0.25, 0.3) is 0 Å². The SMILES string of the molecule is Oc1ccc(C(F)(F)F)cc1.[CH2-]C.[Zn]. The zero-order chi connectivity index (χ0) is 10.5. The van der Waals surface area contributed by atoms with Crippen LogP contribution in [0.4, 0.5) is 13.2 Å². The zero-order valence-corrected chi connectivity index (χ0v) is 10.8. The molecule has 0 radical (unpaired) electrons. The molecule has 1 aromatic rings. The maximum absolute atomic E-state index is 11.8. The van der Waals surface area contributed by atoms with Crippen molar-refractivity contribution in [2.45, 2.75) is 13.1 Å². The number of rotatable bonds is 0. The van der Waals surface area contributed by atoms with E-state index < -0.39 is 11.7 Å². The third-order valence-electron chi connectivity index (χ3n) is 1.19. The Bertz CT molecular complexity index is 243. The summed E-state index contributed by atoms with van der Waals surface area (Å²) in [6.07, 6.45) is -4.33. The molecule has 1 rings (SSSR count). The van der Waals surface area contributed by atoms with Crippen LogP contribution in [0.3, 0.4) is 0 Å².